The molecule has 1 aliphatic heterocycles. The Balaban J connectivity index is 2.01. The molecule has 3 nitrogen and oxygen atoms in total. The summed E-state index contributed by atoms with van der Waals surface area (Å²) in [5.74, 6) is 1.67. The highest BCUT2D eigenvalue weighted by Crippen LogP contribution is 2.21. The maximum atomic E-state index is 12.6. The monoisotopic (exact) mass is 289 g/mol. The van der Waals surface area contributed by atoms with Gasteiger partial charge < -0.3 is 9.64 Å². The van der Waals surface area contributed by atoms with Crippen LogP contribution in [0.4, 0.5) is 0 Å². The van der Waals surface area contributed by atoms with Crippen molar-refractivity contribution in [2.45, 2.75) is 53.1 Å². The molecule has 1 fully saturated rings. The van der Waals surface area contributed by atoms with Gasteiger partial charge in [0.1, 0.15) is 5.75 Å². The molecule has 2 rings (SSSR count). The summed E-state index contributed by atoms with van der Waals surface area (Å²) in [5.41, 5.74) is 2.44. The number of amides is 1. The average Bonchev–Trinajstić information content (AvgIpc) is 2.48. The van der Waals surface area contributed by atoms with Gasteiger partial charge in [0.25, 0.3) is 5.91 Å². The Kier molecular flexibility index (Phi) is 5.27. The first-order chi connectivity index (χ1) is 10.0. The molecule has 0 N–H and O–H groups in total. The number of piperidine rings is 1. The first-order valence-corrected chi connectivity index (χ1v) is 8.04. The van der Waals surface area contributed by atoms with E-state index in [1.807, 2.05) is 30.0 Å². The Morgan fingerprint density at radius 1 is 1.29 bits per heavy atom. The fourth-order valence-electron chi connectivity index (χ4n) is 2.69. The Morgan fingerprint density at radius 2 is 1.95 bits per heavy atom. The SMILES string of the molecule is CC[C@@H](Oc1ccc(C)c(C)c1)C(=O)N1CCC(C)CC1. The molecular weight excluding hydrogens is 262 g/mol. The molecule has 3 heteroatoms. The third kappa shape index (κ3) is 3.99. The van der Waals surface area contributed by atoms with Gasteiger partial charge >= 0.3 is 0 Å². The van der Waals surface area contributed by atoms with E-state index < -0.39 is 0 Å². The van der Waals surface area contributed by atoms with Crippen LogP contribution in [0.25, 0.3) is 0 Å². The molecule has 1 saturated heterocycles. The van der Waals surface area contributed by atoms with E-state index in [9.17, 15) is 4.79 Å². The van der Waals surface area contributed by atoms with Crippen molar-refractivity contribution in [3.05, 3.63) is 29.3 Å². The fraction of sp³-hybridized carbons (Fsp3) is 0.611. The highest BCUT2D eigenvalue weighted by molar-refractivity contribution is 5.81. The van der Waals surface area contributed by atoms with E-state index in [-0.39, 0.29) is 12.0 Å². The molecule has 1 atom stereocenters. The summed E-state index contributed by atoms with van der Waals surface area (Å²) in [7, 11) is 0. The Morgan fingerprint density at radius 3 is 2.52 bits per heavy atom. The van der Waals surface area contributed by atoms with Gasteiger partial charge in [-0.1, -0.05) is 19.9 Å². The van der Waals surface area contributed by atoms with Crippen LogP contribution in [0.5, 0.6) is 5.75 Å². The molecule has 1 amide bonds. The van der Waals surface area contributed by atoms with Crippen LogP contribution < -0.4 is 4.74 Å². The third-order valence-electron chi connectivity index (χ3n) is 4.50. The largest absolute Gasteiger partial charge is 0.481 e. The lowest BCUT2D eigenvalue weighted by Crippen LogP contribution is -2.45. The highest BCUT2D eigenvalue weighted by atomic mass is 16.5. The minimum Gasteiger partial charge on any atom is -0.481 e. The van der Waals surface area contributed by atoms with Gasteiger partial charge in [0.15, 0.2) is 6.10 Å². The molecule has 1 aromatic rings. The van der Waals surface area contributed by atoms with Crippen molar-refractivity contribution in [1.82, 2.24) is 4.90 Å². The molecule has 0 spiro atoms. The number of hydrogen-bond acceptors (Lipinski definition) is 2. The van der Waals surface area contributed by atoms with Crippen molar-refractivity contribution in [2.75, 3.05) is 13.1 Å². The van der Waals surface area contributed by atoms with Crippen LogP contribution in [0, 0.1) is 19.8 Å². The van der Waals surface area contributed by atoms with Crippen LogP contribution in [0.15, 0.2) is 18.2 Å². The maximum absolute atomic E-state index is 12.6. The second-order valence-electron chi connectivity index (χ2n) is 6.27. The first-order valence-electron chi connectivity index (χ1n) is 8.04. The van der Waals surface area contributed by atoms with Gasteiger partial charge in [-0.3, -0.25) is 4.79 Å². The van der Waals surface area contributed by atoms with E-state index in [1.165, 1.54) is 11.1 Å². The van der Waals surface area contributed by atoms with Crippen LogP contribution in [-0.2, 0) is 4.79 Å². The number of carbonyl (C=O) groups is 1. The van der Waals surface area contributed by atoms with Crippen LogP contribution in [0.2, 0.25) is 0 Å². The highest BCUT2D eigenvalue weighted by Gasteiger charge is 2.27. The van der Waals surface area contributed by atoms with Crippen molar-refractivity contribution in [1.29, 1.82) is 0 Å². The van der Waals surface area contributed by atoms with Gasteiger partial charge in [-0.15, -0.1) is 0 Å². The molecule has 116 valence electrons. The van der Waals surface area contributed by atoms with Crippen LogP contribution in [0.3, 0.4) is 0 Å². The number of rotatable bonds is 4. The molecule has 0 unspecified atom stereocenters. The van der Waals surface area contributed by atoms with Gasteiger partial charge in [0.2, 0.25) is 0 Å². The summed E-state index contributed by atoms with van der Waals surface area (Å²) in [6.45, 7) is 10.1. The summed E-state index contributed by atoms with van der Waals surface area (Å²) >= 11 is 0. The smallest absolute Gasteiger partial charge is 0.263 e. The van der Waals surface area contributed by atoms with E-state index in [0.29, 0.717) is 6.42 Å². The molecule has 1 aliphatic rings. The van der Waals surface area contributed by atoms with Crippen LogP contribution in [0.1, 0.15) is 44.2 Å². The average molecular weight is 289 g/mol. The Bertz CT molecular complexity index is 490. The number of hydrogen-bond donors (Lipinski definition) is 0. The Labute approximate surface area is 128 Å². The molecule has 1 aromatic carbocycles. The van der Waals surface area contributed by atoms with E-state index in [1.54, 1.807) is 0 Å². The molecule has 0 radical (unpaired) electrons. The minimum absolute atomic E-state index is 0.141. The number of likely N-dealkylation sites (tertiary alicyclic amines) is 1. The van der Waals surface area contributed by atoms with Crippen molar-refractivity contribution < 1.29 is 9.53 Å². The Hall–Kier alpha value is -1.51. The third-order valence-corrected chi connectivity index (χ3v) is 4.50. The fourth-order valence-corrected chi connectivity index (χ4v) is 2.69. The van der Waals surface area contributed by atoms with Crippen molar-refractivity contribution in [3.8, 4) is 5.75 Å². The van der Waals surface area contributed by atoms with Gasteiger partial charge in [0.05, 0.1) is 0 Å². The zero-order valence-corrected chi connectivity index (χ0v) is 13.7. The van der Waals surface area contributed by atoms with E-state index in [4.69, 9.17) is 4.74 Å². The van der Waals surface area contributed by atoms with E-state index in [2.05, 4.69) is 20.8 Å². The zero-order valence-electron chi connectivity index (χ0n) is 13.7. The van der Waals surface area contributed by atoms with Gasteiger partial charge in [-0.2, -0.15) is 0 Å². The summed E-state index contributed by atoms with van der Waals surface area (Å²) in [4.78, 5) is 14.6. The van der Waals surface area contributed by atoms with E-state index in [0.717, 1.165) is 37.6 Å². The van der Waals surface area contributed by atoms with Crippen molar-refractivity contribution >= 4 is 5.91 Å². The summed E-state index contributed by atoms with van der Waals surface area (Å²) in [5, 5.41) is 0. The van der Waals surface area contributed by atoms with Crippen LogP contribution in [-0.4, -0.2) is 30.0 Å². The number of carbonyl (C=O) groups excluding carboxylic acids is 1. The predicted octanol–water partition coefficient (Wildman–Crippen LogP) is 3.72. The quantitative estimate of drug-likeness (QED) is 0.845. The standard InChI is InChI=1S/C18H27NO2/c1-5-17(18(20)19-10-8-13(2)9-11-19)21-16-7-6-14(3)15(4)12-16/h6-7,12-13,17H,5,8-11H2,1-4H3/t17-/m1/s1. The summed E-state index contributed by atoms with van der Waals surface area (Å²) < 4.78 is 5.95. The molecule has 0 aromatic heterocycles. The van der Waals surface area contributed by atoms with Crippen molar-refractivity contribution in [2.24, 2.45) is 5.92 Å². The van der Waals surface area contributed by atoms with Crippen molar-refractivity contribution in [3.63, 3.8) is 0 Å². The normalized spacial score (nSPS) is 17.6. The summed E-state index contributed by atoms with van der Waals surface area (Å²) in [6.07, 6.45) is 2.55. The number of benzene rings is 1. The van der Waals surface area contributed by atoms with E-state index >= 15 is 0 Å². The van der Waals surface area contributed by atoms with Crippen LogP contribution >= 0.6 is 0 Å². The minimum atomic E-state index is -0.361. The van der Waals surface area contributed by atoms with Gasteiger partial charge in [0, 0.05) is 13.1 Å². The maximum Gasteiger partial charge on any atom is 0.263 e. The van der Waals surface area contributed by atoms with Gasteiger partial charge in [-0.05, 0) is 62.3 Å². The second kappa shape index (κ2) is 6.97. The molecule has 21 heavy (non-hydrogen) atoms. The lowest BCUT2D eigenvalue weighted by Gasteiger charge is -2.32. The zero-order chi connectivity index (χ0) is 15.4. The first kappa shape index (κ1) is 15.9. The molecule has 0 saturated carbocycles. The lowest BCUT2D eigenvalue weighted by molar-refractivity contribution is -0.140. The summed E-state index contributed by atoms with van der Waals surface area (Å²) in [6, 6.07) is 6.02. The molecule has 0 aliphatic carbocycles. The number of aryl methyl sites for hydroxylation is 2. The molecule has 1 heterocycles. The topological polar surface area (TPSA) is 29.5 Å². The molecular formula is C18H27NO2. The predicted molar refractivity (Wildman–Crippen MR) is 85.6 cm³/mol. The second-order valence-corrected chi connectivity index (χ2v) is 6.27. The number of ether oxygens (including phenoxy) is 1. The molecule has 0 bridgehead atoms. The lowest BCUT2D eigenvalue weighted by atomic mass is 9.99. The van der Waals surface area contributed by atoms with Gasteiger partial charge in [-0.25, -0.2) is 0 Å². The number of nitrogens with zero attached hydrogens (tertiary/aromatic N) is 1.